The predicted octanol–water partition coefficient (Wildman–Crippen LogP) is 3.24. The third kappa shape index (κ3) is 4.10. The molecule has 1 aromatic heterocycles. The first-order chi connectivity index (χ1) is 13.9. The van der Waals surface area contributed by atoms with E-state index in [2.05, 4.69) is 15.6 Å². The first-order valence-corrected chi connectivity index (χ1v) is 9.02. The van der Waals surface area contributed by atoms with Gasteiger partial charge in [-0.25, -0.2) is 22.5 Å². The van der Waals surface area contributed by atoms with Crippen molar-refractivity contribution in [1.29, 1.82) is 0 Å². The second kappa shape index (κ2) is 7.84. The number of rotatable bonds is 5. The number of imidazole rings is 1. The number of aromatic nitrogens is 2. The Kier molecular flexibility index (Phi) is 5.25. The van der Waals surface area contributed by atoms with Gasteiger partial charge in [-0.1, -0.05) is 6.07 Å². The normalized spacial score (nSPS) is 14.5. The topological polar surface area (TPSA) is 62.1 Å². The van der Waals surface area contributed by atoms with Gasteiger partial charge in [0.25, 0.3) is 0 Å². The van der Waals surface area contributed by atoms with Crippen molar-refractivity contribution in [2.24, 2.45) is 0 Å². The lowest BCUT2D eigenvalue weighted by Crippen LogP contribution is -2.25. The van der Waals surface area contributed by atoms with Gasteiger partial charge in [0.15, 0.2) is 23.7 Å². The molecule has 3 aromatic rings. The van der Waals surface area contributed by atoms with E-state index >= 15 is 0 Å². The molecule has 29 heavy (non-hydrogen) atoms. The maximum Gasteiger partial charge on any atom is 0.194 e. The number of nitrogens with zero attached hydrogens (tertiary/aromatic N) is 2. The quantitative estimate of drug-likeness (QED) is 0.346. The molecule has 3 N–H and O–H groups in total. The van der Waals surface area contributed by atoms with E-state index in [0.29, 0.717) is 29.9 Å². The number of nitrogens with one attached hydrogen (secondary N) is 2. The summed E-state index contributed by atoms with van der Waals surface area (Å²) in [5.41, 5.74) is 2.05. The fourth-order valence-electron chi connectivity index (χ4n) is 3.39. The summed E-state index contributed by atoms with van der Waals surface area (Å²) in [6.45, 7) is 1.26. The highest BCUT2D eigenvalue weighted by molar-refractivity contribution is 5.40. The molecular weight excluding hydrogens is 388 g/mol. The first kappa shape index (κ1) is 19.4. The molecular formula is C20H18F4N4O. The summed E-state index contributed by atoms with van der Waals surface area (Å²) in [7, 11) is 0. The van der Waals surface area contributed by atoms with Crippen LogP contribution < -0.4 is 10.6 Å². The minimum absolute atomic E-state index is 0.0549. The molecule has 2 heterocycles. The van der Waals surface area contributed by atoms with Crippen molar-refractivity contribution in [2.45, 2.75) is 25.7 Å². The molecule has 0 saturated heterocycles. The average molecular weight is 406 g/mol. The Bertz CT molecular complexity index is 1030. The lowest BCUT2D eigenvalue weighted by Gasteiger charge is -2.21. The smallest absolute Gasteiger partial charge is 0.194 e. The van der Waals surface area contributed by atoms with E-state index in [-0.39, 0.29) is 17.9 Å². The van der Waals surface area contributed by atoms with E-state index < -0.39 is 23.7 Å². The lowest BCUT2D eigenvalue weighted by atomic mass is 9.97. The summed E-state index contributed by atoms with van der Waals surface area (Å²) in [5.74, 6) is -4.13. The van der Waals surface area contributed by atoms with E-state index in [1.807, 2.05) is 0 Å². The van der Waals surface area contributed by atoms with Crippen LogP contribution in [0, 0.1) is 23.3 Å². The monoisotopic (exact) mass is 406 g/mol. The van der Waals surface area contributed by atoms with Crippen molar-refractivity contribution in [3.8, 4) is 0 Å². The number of hydrogen-bond donors (Lipinski definition) is 3. The number of anilines is 1. The molecule has 0 saturated carbocycles. The number of benzene rings is 2. The van der Waals surface area contributed by atoms with Gasteiger partial charge < -0.3 is 20.3 Å². The van der Waals surface area contributed by atoms with Crippen LogP contribution in [0.1, 0.15) is 28.5 Å². The van der Waals surface area contributed by atoms with Gasteiger partial charge in [0.05, 0.1) is 6.33 Å². The van der Waals surface area contributed by atoms with Gasteiger partial charge in [-0.05, 0) is 42.3 Å². The molecule has 0 radical (unpaired) electrons. The number of fused-ring (bicyclic) bond motifs is 1. The fourth-order valence-corrected chi connectivity index (χ4v) is 3.39. The van der Waals surface area contributed by atoms with Gasteiger partial charge in [0.1, 0.15) is 11.6 Å². The van der Waals surface area contributed by atoms with E-state index in [1.165, 1.54) is 23.2 Å². The van der Waals surface area contributed by atoms with Gasteiger partial charge in [0.2, 0.25) is 0 Å². The van der Waals surface area contributed by atoms with Crippen LogP contribution in [0.3, 0.4) is 0 Å². The van der Waals surface area contributed by atoms with Crippen LogP contribution in [0.5, 0.6) is 0 Å². The highest BCUT2D eigenvalue weighted by Crippen LogP contribution is 2.24. The van der Waals surface area contributed by atoms with Crippen molar-refractivity contribution in [3.63, 3.8) is 0 Å². The van der Waals surface area contributed by atoms with Crippen LogP contribution in [0.2, 0.25) is 0 Å². The van der Waals surface area contributed by atoms with Crippen LogP contribution in [0.15, 0.2) is 36.8 Å². The zero-order valence-corrected chi connectivity index (χ0v) is 15.2. The van der Waals surface area contributed by atoms with Crippen LogP contribution in [-0.2, 0) is 19.5 Å². The third-order valence-electron chi connectivity index (χ3n) is 4.83. The Morgan fingerprint density at radius 2 is 1.86 bits per heavy atom. The molecule has 5 nitrogen and oxygen atoms in total. The van der Waals surface area contributed by atoms with Crippen molar-refractivity contribution >= 4 is 5.82 Å². The molecule has 0 fully saturated rings. The highest BCUT2D eigenvalue weighted by Gasteiger charge is 2.18. The van der Waals surface area contributed by atoms with Crippen molar-refractivity contribution in [3.05, 3.63) is 82.3 Å². The van der Waals surface area contributed by atoms with Crippen molar-refractivity contribution in [2.75, 3.05) is 11.9 Å². The van der Waals surface area contributed by atoms with E-state index in [1.54, 1.807) is 6.07 Å². The molecule has 1 atom stereocenters. The molecule has 152 valence electrons. The predicted molar refractivity (Wildman–Crippen MR) is 98.0 cm³/mol. The van der Waals surface area contributed by atoms with Crippen molar-refractivity contribution in [1.82, 2.24) is 14.9 Å². The molecule has 1 aliphatic rings. The molecule has 0 bridgehead atoms. The van der Waals surface area contributed by atoms with Gasteiger partial charge >= 0.3 is 0 Å². The van der Waals surface area contributed by atoms with E-state index in [9.17, 15) is 22.7 Å². The zero-order chi connectivity index (χ0) is 20.5. The molecule has 1 unspecified atom stereocenters. The average Bonchev–Trinajstić information content (AvgIpc) is 3.12. The highest BCUT2D eigenvalue weighted by atomic mass is 19.2. The minimum Gasteiger partial charge on any atom is -0.369 e. The van der Waals surface area contributed by atoms with E-state index in [4.69, 9.17) is 0 Å². The Morgan fingerprint density at radius 3 is 2.62 bits per heavy atom. The standard InChI is InChI=1S/C20H18F4N4O/c21-15-6-13(5-12-1-2-25-7-14(12)15)20(29)27-18-9-28(10-26-18)8-11-3-16(22)19(24)17(23)4-11/h3-6,9-10,20,25,27,29H,1-2,7-8H2. The van der Waals surface area contributed by atoms with Gasteiger partial charge in [-0.2, -0.15) is 0 Å². The molecule has 1 aliphatic heterocycles. The SMILES string of the molecule is OC(Nc1cn(Cc2cc(F)c(F)c(F)c2)cn1)c1cc(F)c2c(c1)CCNC2. The molecule has 9 heteroatoms. The Labute approximate surface area is 164 Å². The summed E-state index contributed by atoms with van der Waals surface area (Å²) >= 11 is 0. The fraction of sp³-hybridized carbons (Fsp3) is 0.250. The largest absolute Gasteiger partial charge is 0.369 e. The second-order valence-electron chi connectivity index (χ2n) is 6.92. The van der Waals surface area contributed by atoms with Crippen LogP contribution in [-0.4, -0.2) is 21.2 Å². The zero-order valence-electron chi connectivity index (χ0n) is 15.2. The summed E-state index contributed by atoms with van der Waals surface area (Å²) in [5, 5.41) is 16.3. The first-order valence-electron chi connectivity index (χ1n) is 9.02. The molecule has 0 amide bonds. The maximum absolute atomic E-state index is 14.3. The van der Waals surface area contributed by atoms with Crippen molar-refractivity contribution < 1.29 is 22.7 Å². The third-order valence-corrected chi connectivity index (χ3v) is 4.83. The van der Waals surface area contributed by atoms with Gasteiger partial charge in [-0.3, -0.25) is 0 Å². The molecule has 0 spiro atoms. The Balaban J connectivity index is 1.47. The van der Waals surface area contributed by atoms with Gasteiger partial charge in [0, 0.05) is 30.4 Å². The second-order valence-corrected chi connectivity index (χ2v) is 6.92. The van der Waals surface area contributed by atoms with Crippen LogP contribution in [0.4, 0.5) is 23.4 Å². The Morgan fingerprint density at radius 1 is 1.10 bits per heavy atom. The number of halogens is 4. The maximum atomic E-state index is 14.3. The molecule has 0 aliphatic carbocycles. The summed E-state index contributed by atoms with van der Waals surface area (Å²) < 4.78 is 55.5. The number of hydrogen-bond acceptors (Lipinski definition) is 4. The summed E-state index contributed by atoms with van der Waals surface area (Å²) in [6.07, 6.45) is 2.40. The summed E-state index contributed by atoms with van der Waals surface area (Å²) in [4.78, 5) is 4.08. The van der Waals surface area contributed by atoms with Crippen LogP contribution >= 0.6 is 0 Å². The van der Waals surface area contributed by atoms with Gasteiger partial charge in [-0.15, -0.1) is 0 Å². The van der Waals surface area contributed by atoms with E-state index in [0.717, 1.165) is 24.2 Å². The van der Waals surface area contributed by atoms with Crippen LogP contribution in [0.25, 0.3) is 0 Å². The molecule has 2 aromatic carbocycles. The molecule has 4 rings (SSSR count). The Hall–Kier alpha value is -2.91. The lowest BCUT2D eigenvalue weighted by molar-refractivity contribution is 0.207. The minimum atomic E-state index is -1.52. The number of aliphatic hydroxyl groups excluding tert-OH is 1. The summed E-state index contributed by atoms with van der Waals surface area (Å²) in [6, 6.07) is 4.86. The number of aliphatic hydroxyl groups is 1.